The Morgan fingerprint density at radius 1 is 1.59 bits per heavy atom. The minimum atomic E-state index is 0.199. The SMILES string of the molecule is CCc1cc2c(s1)CCOC2Cn1ccnc1. The number of nitrogens with zero attached hydrogens (tertiary/aromatic N) is 2. The van der Waals surface area contributed by atoms with Gasteiger partial charge in [-0.25, -0.2) is 4.98 Å². The fourth-order valence-corrected chi connectivity index (χ4v) is 3.40. The quantitative estimate of drug-likeness (QED) is 0.835. The molecule has 0 saturated heterocycles. The fraction of sp³-hybridized carbons (Fsp3) is 0.462. The maximum Gasteiger partial charge on any atom is 0.101 e. The van der Waals surface area contributed by atoms with Gasteiger partial charge in [-0.2, -0.15) is 0 Å². The Labute approximate surface area is 105 Å². The molecule has 2 aromatic rings. The molecule has 4 heteroatoms. The second-order valence-electron chi connectivity index (χ2n) is 4.31. The van der Waals surface area contributed by atoms with Crippen molar-refractivity contribution in [1.29, 1.82) is 0 Å². The Balaban J connectivity index is 1.86. The molecule has 3 heterocycles. The maximum absolute atomic E-state index is 5.89. The number of fused-ring (bicyclic) bond motifs is 1. The van der Waals surface area contributed by atoms with E-state index in [9.17, 15) is 0 Å². The summed E-state index contributed by atoms with van der Waals surface area (Å²) >= 11 is 1.95. The number of aromatic nitrogens is 2. The zero-order valence-electron chi connectivity index (χ0n) is 9.93. The average molecular weight is 248 g/mol. The first-order chi connectivity index (χ1) is 8.36. The predicted molar refractivity (Wildman–Crippen MR) is 68.3 cm³/mol. The Bertz CT molecular complexity index is 489. The average Bonchev–Trinajstić information content (AvgIpc) is 2.97. The monoisotopic (exact) mass is 248 g/mol. The number of ether oxygens (including phenoxy) is 1. The normalized spacial score (nSPS) is 19.2. The van der Waals surface area contributed by atoms with Crippen molar-refractivity contribution >= 4 is 11.3 Å². The first-order valence-corrected chi connectivity index (χ1v) is 6.87. The van der Waals surface area contributed by atoms with Gasteiger partial charge in [0.05, 0.1) is 19.5 Å². The van der Waals surface area contributed by atoms with E-state index in [-0.39, 0.29) is 6.10 Å². The van der Waals surface area contributed by atoms with Crippen LogP contribution in [0.25, 0.3) is 0 Å². The number of thiophene rings is 1. The van der Waals surface area contributed by atoms with Crippen LogP contribution in [-0.4, -0.2) is 16.2 Å². The highest BCUT2D eigenvalue weighted by Gasteiger charge is 2.23. The Hall–Kier alpha value is -1.13. The van der Waals surface area contributed by atoms with E-state index in [4.69, 9.17) is 4.74 Å². The van der Waals surface area contributed by atoms with E-state index >= 15 is 0 Å². The molecule has 1 aliphatic heterocycles. The molecular formula is C13H16N2OS. The smallest absolute Gasteiger partial charge is 0.101 e. The minimum absolute atomic E-state index is 0.199. The van der Waals surface area contributed by atoms with Crippen LogP contribution in [0.5, 0.6) is 0 Å². The van der Waals surface area contributed by atoms with Gasteiger partial charge in [0.15, 0.2) is 0 Å². The van der Waals surface area contributed by atoms with Gasteiger partial charge in [-0.15, -0.1) is 11.3 Å². The molecule has 0 spiro atoms. The molecule has 0 N–H and O–H groups in total. The molecule has 1 atom stereocenters. The van der Waals surface area contributed by atoms with Crippen molar-refractivity contribution in [1.82, 2.24) is 9.55 Å². The van der Waals surface area contributed by atoms with Crippen LogP contribution in [0, 0.1) is 0 Å². The molecule has 17 heavy (non-hydrogen) atoms. The number of aryl methyl sites for hydroxylation is 1. The summed E-state index contributed by atoms with van der Waals surface area (Å²) in [6, 6.07) is 2.32. The summed E-state index contributed by atoms with van der Waals surface area (Å²) in [5, 5.41) is 0. The third-order valence-corrected chi connectivity index (χ3v) is 4.53. The highest BCUT2D eigenvalue weighted by atomic mass is 32.1. The van der Waals surface area contributed by atoms with Crippen LogP contribution in [0.15, 0.2) is 24.8 Å². The Kier molecular flexibility index (Phi) is 2.99. The highest BCUT2D eigenvalue weighted by molar-refractivity contribution is 7.12. The Morgan fingerprint density at radius 2 is 2.53 bits per heavy atom. The summed E-state index contributed by atoms with van der Waals surface area (Å²) < 4.78 is 7.98. The lowest BCUT2D eigenvalue weighted by atomic mass is 10.1. The van der Waals surface area contributed by atoms with Crippen LogP contribution in [0.2, 0.25) is 0 Å². The molecule has 3 rings (SSSR count). The summed E-state index contributed by atoms with van der Waals surface area (Å²) in [6.07, 6.45) is 8.05. The van der Waals surface area contributed by atoms with Crippen molar-refractivity contribution in [3.8, 4) is 0 Å². The molecule has 0 amide bonds. The van der Waals surface area contributed by atoms with Gasteiger partial charge in [0.1, 0.15) is 6.10 Å². The Morgan fingerprint density at radius 3 is 3.29 bits per heavy atom. The van der Waals surface area contributed by atoms with Crippen LogP contribution in [0.3, 0.4) is 0 Å². The van der Waals surface area contributed by atoms with Crippen LogP contribution in [0.4, 0.5) is 0 Å². The summed E-state index contributed by atoms with van der Waals surface area (Å²) in [5.41, 5.74) is 1.40. The van der Waals surface area contributed by atoms with E-state index in [1.54, 1.807) is 0 Å². The molecule has 0 fully saturated rings. The molecule has 1 aliphatic rings. The molecule has 2 aromatic heterocycles. The molecule has 0 saturated carbocycles. The zero-order chi connectivity index (χ0) is 11.7. The predicted octanol–water partition coefficient (Wildman–Crippen LogP) is 2.82. The summed E-state index contributed by atoms with van der Waals surface area (Å²) in [6.45, 7) is 3.92. The van der Waals surface area contributed by atoms with Crippen LogP contribution >= 0.6 is 11.3 Å². The van der Waals surface area contributed by atoms with E-state index in [0.717, 1.165) is 26.0 Å². The standard InChI is InChI=1S/C13H16N2OS/c1-2-10-7-11-12(8-15-5-4-14-9-15)16-6-3-13(11)17-10/h4-5,7,9,12H,2-3,6,8H2,1H3. The van der Waals surface area contributed by atoms with Gasteiger partial charge in [0.25, 0.3) is 0 Å². The summed E-state index contributed by atoms with van der Waals surface area (Å²) in [7, 11) is 0. The molecule has 0 aromatic carbocycles. The minimum Gasteiger partial charge on any atom is -0.371 e. The lowest BCUT2D eigenvalue weighted by Crippen LogP contribution is -2.18. The lowest BCUT2D eigenvalue weighted by Gasteiger charge is -2.23. The van der Waals surface area contributed by atoms with Gasteiger partial charge in [0, 0.05) is 28.6 Å². The second kappa shape index (κ2) is 4.63. The lowest BCUT2D eigenvalue weighted by molar-refractivity contribution is 0.0318. The van der Waals surface area contributed by atoms with Gasteiger partial charge in [-0.05, 0) is 18.1 Å². The van der Waals surface area contributed by atoms with Crippen molar-refractivity contribution in [2.75, 3.05) is 6.61 Å². The summed E-state index contributed by atoms with van der Waals surface area (Å²) in [4.78, 5) is 7.06. The number of imidazole rings is 1. The van der Waals surface area contributed by atoms with Crippen LogP contribution in [0.1, 0.15) is 28.3 Å². The molecule has 1 unspecified atom stereocenters. The molecule has 3 nitrogen and oxygen atoms in total. The third-order valence-electron chi connectivity index (χ3n) is 3.17. The van der Waals surface area contributed by atoms with Crippen molar-refractivity contribution in [3.63, 3.8) is 0 Å². The van der Waals surface area contributed by atoms with Crippen molar-refractivity contribution < 1.29 is 4.74 Å². The van der Waals surface area contributed by atoms with E-state index < -0.39 is 0 Å². The largest absolute Gasteiger partial charge is 0.371 e. The molecule has 0 radical (unpaired) electrons. The number of hydrogen-bond acceptors (Lipinski definition) is 3. The zero-order valence-corrected chi connectivity index (χ0v) is 10.7. The van der Waals surface area contributed by atoms with Gasteiger partial charge in [-0.3, -0.25) is 0 Å². The maximum atomic E-state index is 5.89. The van der Waals surface area contributed by atoms with Crippen molar-refractivity contribution in [3.05, 3.63) is 40.1 Å². The summed E-state index contributed by atoms with van der Waals surface area (Å²) in [5.74, 6) is 0. The fourth-order valence-electron chi connectivity index (χ4n) is 2.26. The number of rotatable bonds is 3. The topological polar surface area (TPSA) is 27.1 Å². The van der Waals surface area contributed by atoms with E-state index in [2.05, 4.69) is 22.5 Å². The van der Waals surface area contributed by atoms with Gasteiger partial charge >= 0.3 is 0 Å². The molecule has 90 valence electrons. The van der Waals surface area contributed by atoms with Gasteiger partial charge < -0.3 is 9.30 Å². The van der Waals surface area contributed by atoms with Gasteiger partial charge in [0.2, 0.25) is 0 Å². The van der Waals surface area contributed by atoms with Crippen LogP contribution in [-0.2, 0) is 24.1 Å². The van der Waals surface area contributed by atoms with Crippen LogP contribution < -0.4 is 0 Å². The number of hydrogen-bond donors (Lipinski definition) is 0. The highest BCUT2D eigenvalue weighted by Crippen LogP contribution is 2.34. The van der Waals surface area contributed by atoms with Crippen molar-refractivity contribution in [2.45, 2.75) is 32.4 Å². The molecule has 0 aliphatic carbocycles. The molecular weight excluding hydrogens is 232 g/mol. The first kappa shape index (κ1) is 11.0. The van der Waals surface area contributed by atoms with E-state index in [0.29, 0.717) is 0 Å². The van der Waals surface area contributed by atoms with E-state index in [1.165, 1.54) is 15.3 Å². The van der Waals surface area contributed by atoms with E-state index in [1.807, 2.05) is 30.1 Å². The first-order valence-electron chi connectivity index (χ1n) is 6.05. The van der Waals surface area contributed by atoms with Gasteiger partial charge in [-0.1, -0.05) is 6.92 Å². The third kappa shape index (κ3) is 2.15. The van der Waals surface area contributed by atoms with Crippen molar-refractivity contribution in [2.24, 2.45) is 0 Å². The molecule has 0 bridgehead atoms. The second-order valence-corrected chi connectivity index (χ2v) is 5.53.